The molecule has 0 unspecified atom stereocenters. The first-order chi connectivity index (χ1) is 8.31. The maximum Gasteiger partial charge on any atom is 2.00 e. The summed E-state index contributed by atoms with van der Waals surface area (Å²) in [5, 5.41) is 27.3. The molecule has 0 aliphatic heterocycles. The van der Waals surface area contributed by atoms with Crippen molar-refractivity contribution in [2.45, 2.75) is 38.1 Å². The van der Waals surface area contributed by atoms with Crippen LogP contribution in [0.1, 0.15) is 32.1 Å². The summed E-state index contributed by atoms with van der Waals surface area (Å²) in [5.74, 6) is -3.67. The molecule has 0 spiro atoms. The third-order valence-corrected chi connectivity index (χ3v) is 1.82. The molecule has 19 heavy (non-hydrogen) atoms. The van der Waals surface area contributed by atoms with Crippen molar-refractivity contribution in [2.75, 3.05) is 6.54 Å². The summed E-state index contributed by atoms with van der Waals surface area (Å²) in [6.07, 6.45) is 1.22. The standard InChI is InChI=1S/C6H14N2O2.C4H6O4.Mg/c7-4-2-1-3-5(8)6(9)10;5-3(6)1-2-4(7)8;/h5H,1-4,7-8H2,(H,9,10);1-2H2,(H,5,6)(H,7,8);/q;;+2/p-2/t5-;;/m0../s1. The number of carboxylic acids is 3. The van der Waals surface area contributed by atoms with Crippen LogP contribution in [0.25, 0.3) is 0 Å². The summed E-state index contributed by atoms with van der Waals surface area (Å²) < 4.78 is 0. The van der Waals surface area contributed by atoms with Crippen molar-refractivity contribution < 1.29 is 29.7 Å². The van der Waals surface area contributed by atoms with Crippen molar-refractivity contribution in [1.82, 2.24) is 0 Å². The van der Waals surface area contributed by atoms with Crippen LogP contribution >= 0.6 is 0 Å². The number of carbonyl (C=O) groups excluding carboxylic acids is 2. The summed E-state index contributed by atoms with van der Waals surface area (Å²) in [6, 6.07) is -0.716. The van der Waals surface area contributed by atoms with Crippen LogP contribution in [0.15, 0.2) is 0 Å². The fraction of sp³-hybridized carbons (Fsp3) is 0.700. The van der Waals surface area contributed by atoms with Crippen LogP contribution < -0.4 is 21.7 Å². The molecular formula is C10H18MgN2O6. The van der Waals surface area contributed by atoms with Crippen molar-refractivity contribution in [2.24, 2.45) is 11.5 Å². The summed E-state index contributed by atoms with van der Waals surface area (Å²) in [5.41, 5.74) is 10.4. The predicted molar refractivity (Wildman–Crippen MR) is 63.5 cm³/mol. The first-order valence-electron chi connectivity index (χ1n) is 5.39. The second-order valence-corrected chi connectivity index (χ2v) is 3.47. The largest absolute Gasteiger partial charge is 2.00 e. The number of aliphatic carboxylic acids is 3. The van der Waals surface area contributed by atoms with Gasteiger partial charge in [-0.3, -0.25) is 4.79 Å². The topological polar surface area (TPSA) is 170 Å². The van der Waals surface area contributed by atoms with Crippen molar-refractivity contribution >= 4 is 41.0 Å². The number of hydrogen-bond donors (Lipinski definition) is 3. The average Bonchev–Trinajstić information content (AvgIpc) is 2.27. The number of unbranched alkanes of at least 4 members (excludes halogenated alkanes) is 1. The maximum atomic E-state index is 10.1. The average molecular weight is 287 g/mol. The Kier molecular flexibility index (Phi) is 18.5. The van der Waals surface area contributed by atoms with Gasteiger partial charge in [-0.2, -0.15) is 0 Å². The Balaban J connectivity index is -0.000000262. The second kappa shape index (κ2) is 15.2. The molecule has 0 amide bonds. The molecule has 0 saturated carbocycles. The van der Waals surface area contributed by atoms with E-state index in [9.17, 15) is 24.6 Å². The van der Waals surface area contributed by atoms with Gasteiger partial charge >= 0.3 is 29.0 Å². The maximum absolute atomic E-state index is 10.1. The summed E-state index contributed by atoms with van der Waals surface area (Å²) in [4.78, 5) is 29.1. The zero-order valence-electron chi connectivity index (χ0n) is 10.7. The molecule has 0 aromatic rings. The Hall–Kier alpha value is -0.904. The van der Waals surface area contributed by atoms with Gasteiger partial charge in [0.05, 0.1) is 0 Å². The minimum Gasteiger partial charge on any atom is -0.550 e. The molecule has 0 radical (unpaired) electrons. The van der Waals surface area contributed by atoms with Gasteiger partial charge in [0.15, 0.2) is 0 Å². The number of rotatable bonds is 8. The SMILES string of the molecule is NCCCC[C@H](N)C(=O)O.O=C([O-])CCC(=O)[O-].[Mg+2]. The van der Waals surface area contributed by atoms with Gasteiger partial charge in [0.25, 0.3) is 0 Å². The molecule has 0 aliphatic rings. The number of nitrogens with two attached hydrogens (primary N) is 2. The quantitative estimate of drug-likeness (QED) is 0.303. The van der Waals surface area contributed by atoms with E-state index < -0.39 is 36.8 Å². The molecule has 0 aromatic carbocycles. The van der Waals surface area contributed by atoms with Crippen LogP contribution in [0.2, 0.25) is 0 Å². The molecule has 0 heterocycles. The summed E-state index contributed by atoms with van der Waals surface area (Å²) in [7, 11) is 0. The third kappa shape index (κ3) is 22.7. The molecule has 5 N–H and O–H groups in total. The van der Waals surface area contributed by atoms with Crippen LogP contribution in [0.5, 0.6) is 0 Å². The van der Waals surface area contributed by atoms with E-state index in [0.29, 0.717) is 13.0 Å². The Morgan fingerprint density at radius 1 is 1.05 bits per heavy atom. The Morgan fingerprint density at radius 2 is 1.47 bits per heavy atom. The number of carboxylic acid groups (broad SMARTS) is 3. The minimum absolute atomic E-state index is 0. The summed E-state index contributed by atoms with van der Waals surface area (Å²) >= 11 is 0. The zero-order valence-corrected chi connectivity index (χ0v) is 12.1. The smallest absolute Gasteiger partial charge is 0.550 e. The Labute approximate surface area is 127 Å². The summed E-state index contributed by atoms with van der Waals surface area (Å²) in [6.45, 7) is 0.604. The monoisotopic (exact) mass is 286 g/mol. The van der Waals surface area contributed by atoms with Gasteiger partial charge < -0.3 is 36.4 Å². The molecule has 0 aromatic heterocycles. The van der Waals surface area contributed by atoms with Gasteiger partial charge in [-0.25, -0.2) is 0 Å². The van der Waals surface area contributed by atoms with Crippen molar-refractivity contribution in [3.8, 4) is 0 Å². The van der Waals surface area contributed by atoms with Crippen LogP contribution in [0.3, 0.4) is 0 Å². The predicted octanol–water partition coefficient (Wildman–Crippen LogP) is -3.59. The molecule has 0 rings (SSSR count). The van der Waals surface area contributed by atoms with Crippen molar-refractivity contribution in [3.05, 3.63) is 0 Å². The van der Waals surface area contributed by atoms with Gasteiger partial charge in [-0.1, -0.05) is 6.42 Å². The van der Waals surface area contributed by atoms with Crippen LogP contribution in [0, 0.1) is 0 Å². The van der Waals surface area contributed by atoms with E-state index in [4.69, 9.17) is 16.6 Å². The Bertz CT molecular complexity index is 261. The number of carbonyl (C=O) groups is 3. The van der Waals surface area contributed by atoms with Gasteiger partial charge in [0.1, 0.15) is 6.04 Å². The van der Waals surface area contributed by atoms with Gasteiger partial charge in [0.2, 0.25) is 0 Å². The van der Waals surface area contributed by atoms with E-state index in [1.807, 2.05) is 0 Å². The normalized spacial score (nSPS) is 10.4. The molecule has 0 bridgehead atoms. The fourth-order valence-corrected chi connectivity index (χ4v) is 0.836. The van der Waals surface area contributed by atoms with Gasteiger partial charge in [0, 0.05) is 11.9 Å². The first kappa shape index (κ1) is 23.2. The molecule has 0 saturated heterocycles. The molecule has 9 heteroatoms. The first-order valence-corrected chi connectivity index (χ1v) is 5.39. The minimum atomic E-state index is -1.37. The van der Waals surface area contributed by atoms with E-state index in [2.05, 4.69) is 0 Å². The zero-order chi connectivity index (χ0) is 14.6. The van der Waals surface area contributed by atoms with Crippen molar-refractivity contribution in [3.63, 3.8) is 0 Å². The fourth-order valence-electron chi connectivity index (χ4n) is 0.836. The molecular weight excluding hydrogens is 268 g/mol. The van der Waals surface area contributed by atoms with Crippen LogP contribution in [-0.2, 0) is 14.4 Å². The second-order valence-electron chi connectivity index (χ2n) is 3.47. The van der Waals surface area contributed by atoms with Crippen molar-refractivity contribution in [1.29, 1.82) is 0 Å². The van der Waals surface area contributed by atoms with Gasteiger partial charge in [-0.05, 0) is 32.2 Å². The molecule has 8 nitrogen and oxygen atoms in total. The van der Waals surface area contributed by atoms with E-state index in [1.54, 1.807) is 0 Å². The van der Waals surface area contributed by atoms with Gasteiger partial charge in [-0.15, -0.1) is 0 Å². The van der Waals surface area contributed by atoms with E-state index in [0.717, 1.165) is 12.8 Å². The van der Waals surface area contributed by atoms with Crippen LogP contribution in [0.4, 0.5) is 0 Å². The molecule has 1 atom stereocenters. The molecule has 0 fully saturated rings. The third-order valence-electron chi connectivity index (χ3n) is 1.82. The van der Waals surface area contributed by atoms with Crippen LogP contribution in [-0.4, -0.2) is 58.7 Å². The van der Waals surface area contributed by atoms with E-state index >= 15 is 0 Å². The van der Waals surface area contributed by atoms with E-state index in [1.165, 1.54) is 0 Å². The Morgan fingerprint density at radius 3 is 1.74 bits per heavy atom. The van der Waals surface area contributed by atoms with E-state index in [-0.39, 0.29) is 23.1 Å². The molecule has 0 aliphatic carbocycles. The molecule has 106 valence electrons. The number of hydrogen-bond acceptors (Lipinski definition) is 7.